The second-order valence-electron chi connectivity index (χ2n) is 7.90. The van der Waals surface area contributed by atoms with E-state index in [1.165, 1.54) is 17.4 Å². The minimum Gasteiger partial charge on any atom is -0.366 e. The van der Waals surface area contributed by atoms with Crippen molar-refractivity contribution in [2.24, 2.45) is 0 Å². The number of H-pyrrole nitrogens is 1. The predicted octanol–water partition coefficient (Wildman–Crippen LogP) is 2.77. The number of piperazine rings is 1. The van der Waals surface area contributed by atoms with Crippen molar-refractivity contribution in [2.45, 2.75) is 6.42 Å². The minimum atomic E-state index is -0.498. The Balaban J connectivity index is 1.26. The van der Waals surface area contributed by atoms with Crippen LogP contribution in [0.15, 0.2) is 69.6 Å². The van der Waals surface area contributed by atoms with Crippen molar-refractivity contribution >= 4 is 33.1 Å². The highest BCUT2D eigenvalue weighted by Crippen LogP contribution is 2.20. The van der Waals surface area contributed by atoms with Crippen LogP contribution in [0.25, 0.3) is 15.9 Å². The molecule has 1 saturated heterocycles. The Hall–Kier alpha value is -3.72. The number of carbonyl (C=O) groups is 1. The summed E-state index contributed by atoms with van der Waals surface area (Å²) in [6.45, 7) is 2.19. The van der Waals surface area contributed by atoms with Gasteiger partial charge in [0.25, 0.3) is 5.56 Å². The molecular weight excluding hydrogens is 443 g/mol. The van der Waals surface area contributed by atoms with E-state index in [4.69, 9.17) is 0 Å². The number of rotatable bonds is 4. The van der Waals surface area contributed by atoms with E-state index in [9.17, 15) is 18.8 Å². The molecule has 0 atom stereocenters. The van der Waals surface area contributed by atoms with Gasteiger partial charge in [-0.2, -0.15) is 0 Å². The number of amides is 1. The van der Waals surface area contributed by atoms with Crippen molar-refractivity contribution in [2.75, 3.05) is 31.1 Å². The van der Waals surface area contributed by atoms with Gasteiger partial charge in [-0.25, -0.2) is 13.8 Å². The average Bonchev–Trinajstić information content (AvgIpc) is 3.29. The molecule has 9 heteroatoms. The van der Waals surface area contributed by atoms with E-state index < -0.39 is 5.69 Å². The number of hydrogen-bond acceptors (Lipinski definition) is 5. The van der Waals surface area contributed by atoms with E-state index in [1.807, 2.05) is 4.90 Å². The van der Waals surface area contributed by atoms with Gasteiger partial charge >= 0.3 is 5.69 Å². The normalized spacial score (nSPS) is 14.1. The largest absolute Gasteiger partial charge is 0.366 e. The van der Waals surface area contributed by atoms with Crippen LogP contribution in [0.5, 0.6) is 0 Å². The van der Waals surface area contributed by atoms with Gasteiger partial charge in [-0.1, -0.05) is 24.3 Å². The van der Waals surface area contributed by atoms with Crippen LogP contribution in [0.4, 0.5) is 10.1 Å². The highest BCUT2D eigenvalue weighted by atomic mass is 32.1. The summed E-state index contributed by atoms with van der Waals surface area (Å²) in [5.41, 5.74) is 1.48. The number of nitrogens with zero attached hydrogens (tertiary/aromatic N) is 3. The zero-order valence-electron chi connectivity index (χ0n) is 17.7. The van der Waals surface area contributed by atoms with Gasteiger partial charge in [0, 0.05) is 26.2 Å². The van der Waals surface area contributed by atoms with E-state index >= 15 is 0 Å². The number of halogens is 1. The highest BCUT2D eigenvalue weighted by Gasteiger charge is 2.22. The first-order chi connectivity index (χ1) is 16.0. The summed E-state index contributed by atoms with van der Waals surface area (Å²) in [5, 5.41) is 1.76. The summed E-state index contributed by atoms with van der Waals surface area (Å²) < 4.78 is 15.6. The van der Waals surface area contributed by atoms with E-state index in [2.05, 4.69) is 4.98 Å². The molecule has 1 N–H and O–H groups in total. The summed E-state index contributed by atoms with van der Waals surface area (Å²) in [4.78, 5) is 44.3. The van der Waals surface area contributed by atoms with E-state index in [1.54, 1.807) is 58.8 Å². The van der Waals surface area contributed by atoms with Gasteiger partial charge in [0.15, 0.2) is 0 Å². The Bertz CT molecular complexity index is 1430. The molecule has 0 spiro atoms. The Morgan fingerprint density at radius 2 is 1.70 bits per heavy atom. The number of aromatic amines is 1. The van der Waals surface area contributed by atoms with Gasteiger partial charge in [-0.3, -0.25) is 9.59 Å². The third-order valence-electron chi connectivity index (χ3n) is 5.88. The molecule has 1 aliphatic heterocycles. The maximum absolute atomic E-state index is 14.0. The van der Waals surface area contributed by atoms with Crippen LogP contribution in [0, 0.1) is 5.82 Å². The molecule has 1 fully saturated rings. The lowest BCUT2D eigenvalue weighted by Crippen LogP contribution is -2.49. The second-order valence-corrected chi connectivity index (χ2v) is 8.81. The maximum atomic E-state index is 14.0. The van der Waals surface area contributed by atoms with Gasteiger partial charge in [0.1, 0.15) is 10.5 Å². The SMILES string of the molecule is O=C(Cc1ccc(-n2c(=O)[nH]c3ccsc3c2=O)cc1)N1CCN(c2ccccc2F)CC1. The van der Waals surface area contributed by atoms with E-state index in [-0.39, 0.29) is 23.7 Å². The molecule has 0 bridgehead atoms. The minimum absolute atomic E-state index is 0.00838. The molecule has 1 aliphatic rings. The van der Waals surface area contributed by atoms with Crippen LogP contribution in [0.1, 0.15) is 5.56 Å². The molecule has 168 valence electrons. The summed E-state index contributed by atoms with van der Waals surface area (Å²) in [6.07, 6.45) is 0.217. The molecule has 33 heavy (non-hydrogen) atoms. The summed E-state index contributed by atoms with van der Waals surface area (Å²) in [7, 11) is 0. The van der Waals surface area contributed by atoms with E-state index in [0.29, 0.717) is 47.8 Å². The average molecular weight is 465 g/mol. The summed E-state index contributed by atoms with van der Waals surface area (Å²) in [6, 6.07) is 15.2. The van der Waals surface area contributed by atoms with Gasteiger partial charge in [-0.15, -0.1) is 11.3 Å². The van der Waals surface area contributed by atoms with Crippen molar-refractivity contribution in [3.63, 3.8) is 0 Å². The Morgan fingerprint density at radius 1 is 0.970 bits per heavy atom. The fourth-order valence-electron chi connectivity index (χ4n) is 4.13. The molecule has 4 aromatic rings. The predicted molar refractivity (Wildman–Crippen MR) is 127 cm³/mol. The van der Waals surface area contributed by atoms with E-state index in [0.717, 1.165) is 10.1 Å². The van der Waals surface area contributed by atoms with Gasteiger partial charge in [-0.05, 0) is 41.3 Å². The molecule has 2 aromatic carbocycles. The molecule has 0 unspecified atom stereocenters. The first-order valence-corrected chi connectivity index (χ1v) is 11.5. The van der Waals surface area contributed by atoms with Crippen LogP contribution in [0.2, 0.25) is 0 Å². The fourth-order valence-corrected chi connectivity index (χ4v) is 4.91. The zero-order chi connectivity index (χ0) is 22.9. The maximum Gasteiger partial charge on any atom is 0.333 e. The molecule has 5 rings (SSSR count). The van der Waals surface area contributed by atoms with Crippen molar-refractivity contribution in [1.29, 1.82) is 0 Å². The molecule has 2 aromatic heterocycles. The van der Waals surface area contributed by atoms with Crippen LogP contribution < -0.4 is 16.1 Å². The zero-order valence-corrected chi connectivity index (χ0v) is 18.5. The Morgan fingerprint density at radius 3 is 2.42 bits per heavy atom. The quantitative estimate of drug-likeness (QED) is 0.504. The monoisotopic (exact) mass is 464 g/mol. The molecule has 7 nitrogen and oxygen atoms in total. The Labute approximate surface area is 192 Å². The standard InChI is InChI=1S/C24H21FN4O3S/c25-18-3-1-2-4-20(18)27-10-12-28(13-11-27)21(30)15-16-5-7-17(8-6-16)29-23(31)22-19(9-14-33-22)26-24(29)32/h1-9,14H,10-13,15H2,(H,26,32). The molecule has 0 radical (unpaired) electrons. The lowest BCUT2D eigenvalue weighted by atomic mass is 10.1. The van der Waals surface area contributed by atoms with Crippen molar-refractivity contribution in [3.05, 3.63) is 92.2 Å². The third kappa shape index (κ3) is 4.07. The lowest BCUT2D eigenvalue weighted by molar-refractivity contribution is -0.130. The summed E-state index contributed by atoms with van der Waals surface area (Å²) in [5.74, 6) is -0.264. The molecule has 3 heterocycles. The van der Waals surface area contributed by atoms with Gasteiger partial charge < -0.3 is 14.8 Å². The first kappa shape index (κ1) is 21.1. The van der Waals surface area contributed by atoms with Gasteiger partial charge in [0.05, 0.1) is 23.3 Å². The van der Waals surface area contributed by atoms with Crippen molar-refractivity contribution < 1.29 is 9.18 Å². The summed E-state index contributed by atoms with van der Waals surface area (Å²) >= 11 is 1.28. The first-order valence-electron chi connectivity index (χ1n) is 10.6. The number of hydrogen-bond donors (Lipinski definition) is 1. The van der Waals surface area contributed by atoms with Crippen LogP contribution in [0.3, 0.4) is 0 Å². The van der Waals surface area contributed by atoms with Crippen molar-refractivity contribution in [1.82, 2.24) is 14.5 Å². The number of para-hydroxylation sites is 1. The third-order valence-corrected chi connectivity index (χ3v) is 6.79. The molecular formula is C24H21FN4O3S. The molecule has 0 aliphatic carbocycles. The van der Waals surface area contributed by atoms with Crippen LogP contribution >= 0.6 is 11.3 Å². The second kappa shape index (κ2) is 8.67. The number of carbonyl (C=O) groups excluding carboxylic acids is 1. The molecule has 0 saturated carbocycles. The number of benzene rings is 2. The van der Waals surface area contributed by atoms with Crippen LogP contribution in [-0.2, 0) is 11.2 Å². The number of anilines is 1. The number of nitrogens with one attached hydrogen (secondary N) is 1. The lowest BCUT2D eigenvalue weighted by Gasteiger charge is -2.36. The Kier molecular flexibility index (Phi) is 5.55. The highest BCUT2D eigenvalue weighted by molar-refractivity contribution is 7.17. The number of aromatic nitrogens is 2. The number of fused-ring (bicyclic) bond motifs is 1. The topological polar surface area (TPSA) is 78.4 Å². The van der Waals surface area contributed by atoms with Crippen molar-refractivity contribution in [3.8, 4) is 5.69 Å². The smallest absolute Gasteiger partial charge is 0.333 e. The van der Waals surface area contributed by atoms with Gasteiger partial charge in [0.2, 0.25) is 5.91 Å². The fraction of sp³-hybridized carbons (Fsp3) is 0.208. The van der Waals surface area contributed by atoms with Crippen LogP contribution in [-0.4, -0.2) is 46.5 Å². The molecule has 1 amide bonds. The number of thiophene rings is 1.